The van der Waals surface area contributed by atoms with Crippen LogP contribution >= 0.6 is 0 Å². The third-order valence-electron chi connectivity index (χ3n) is 0.925. The molecule has 0 saturated heterocycles. The van der Waals surface area contributed by atoms with Gasteiger partial charge in [-0.2, -0.15) is 5.10 Å². The third-order valence-corrected chi connectivity index (χ3v) is 0.925. The van der Waals surface area contributed by atoms with Crippen LogP contribution in [0.3, 0.4) is 0 Å². The van der Waals surface area contributed by atoms with Crippen molar-refractivity contribution in [3.8, 4) is 0 Å². The van der Waals surface area contributed by atoms with Crippen LogP contribution in [0.15, 0.2) is 12.4 Å². The monoisotopic (exact) mass is 125 g/mol. The van der Waals surface area contributed by atoms with Gasteiger partial charge >= 0.3 is 0 Å². The first-order valence-electron chi connectivity index (χ1n) is 2.51. The van der Waals surface area contributed by atoms with Crippen molar-refractivity contribution in [2.45, 2.75) is 6.92 Å². The summed E-state index contributed by atoms with van der Waals surface area (Å²) in [6, 6.07) is 0. The smallest absolute Gasteiger partial charge is 0.243 e. The van der Waals surface area contributed by atoms with E-state index in [1.807, 2.05) is 0 Å². The molecule has 4 heteroatoms. The zero-order valence-corrected chi connectivity index (χ0v) is 5.03. The van der Waals surface area contributed by atoms with Gasteiger partial charge in [0.1, 0.15) is 0 Å². The fraction of sp³-hybridized carbons (Fsp3) is 0.200. The highest BCUT2D eigenvalue weighted by molar-refractivity contribution is 5.75. The predicted octanol–water partition coefficient (Wildman–Crippen LogP) is 0.125. The third kappa shape index (κ3) is 1.07. The normalized spacial score (nSPS) is 9.44. The maximum absolute atomic E-state index is 10.5. The summed E-state index contributed by atoms with van der Waals surface area (Å²) in [5.74, 6) is -0.133. The van der Waals surface area contributed by atoms with Crippen molar-refractivity contribution >= 4 is 11.6 Å². The van der Waals surface area contributed by atoms with Crippen LogP contribution in [0, 0.1) is 0 Å². The molecule has 1 rings (SSSR count). The highest BCUT2D eigenvalue weighted by Gasteiger charge is 1.96. The number of hydrogen-bond donors (Lipinski definition) is 1. The summed E-state index contributed by atoms with van der Waals surface area (Å²) in [7, 11) is 0. The number of aromatic nitrogens is 2. The zero-order chi connectivity index (χ0) is 6.85. The first-order valence-corrected chi connectivity index (χ1v) is 2.51. The lowest BCUT2D eigenvalue weighted by Crippen LogP contribution is -2.04. The molecular weight excluding hydrogens is 118 g/mol. The largest absolute Gasteiger partial charge is 0.396 e. The van der Waals surface area contributed by atoms with Gasteiger partial charge in [0.05, 0.1) is 18.1 Å². The number of carbonyl (C=O) groups excluding carboxylic acids is 1. The van der Waals surface area contributed by atoms with E-state index in [1.165, 1.54) is 24.0 Å². The van der Waals surface area contributed by atoms with E-state index >= 15 is 0 Å². The van der Waals surface area contributed by atoms with Gasteiger partial charge in [-0.1, -0.05) is 0 Å². The van der Waals surface area contributed by atoms with Crippen molar-refractivity contribution in [3.63, 3.8) is 0 Å². The number of nitrogens with zero attached hydrogens (tertiary/aromatic N) is 2. The number of rotatable bonds is 0. The van der Waals surface area contributed by atoms with E-state index in [2.05, 4.69) is 5.10 Å². The van der Waals surface area contributed by atoms with Gasteiger partial charge in [-0.3, -0.25) is 4.79 Å². The van der Waals surface area contributed by atoms with E-state index in [-0.39, 0.29) is 5.91 Å². The Morgan fingerprint density at radius 1 is 1.89 bits per heavy atom. The van der Waals surface area contributed by atoms with Gasteiger partial charge in [-0.25, -0.2) is 4.68 Å². The Labute approximate surface area is 52.3 Å². The molecule has 1 aromatic heterocycles. The van der Waals surface area contributed by atoms with E-state index < -0.39 is 0 Å². The molecule has 0 saturated carbocycles. The van der Waals surface area contributed by atoms with Crippen molar-refractivity contribution < 1.29 is 4.79 Å². The minimum atomic E-state index is -0.133. The minimum Gasteiger partial charge on any atom is -0.396 e. The first kappa shape index (κ1) is 5.81. The van der Waals surface area contributed by atoms with E-state index in [0.717, 1.165) is 0 Å². The summed E-state index contributed by atoms with van der Waals surface area (Å²) in [5.41, 5.74) is 5.79. The SMILES string of the molecule is CC(=O)n1cc(N)cn1. The van der Waals surface area contributed by atoms with Crippen molar-refractivity contribution in [2.75, 3.05) is 5.73 Å². The zero-order valence-electron chi connectivity index (χ0n) is 5.03. The summed E-state index contributed by atoms with van der Waals surface area (Å²) in [4.78, 5) is 10.5. The van der Waals surface area contributed by atoms with Crippen LogP contribution in [0.4, 0.5) is 5.69 Å². The van der Waals surface area contributed by atoms with Crippen LogP contribution < -0.4 is 5.73 Å². The van der Waals surface area contributed by atoms with Gasteiger partial charge in [0.2, 0.25) is 5.91 Å². The molecule has 0 amide bonds. The molecule has 0 spiro atoms. The topological polar surface area (TPSA) is 60.9 Å². The molecule has 0 aliphatic rings. The molecule has 0 aliphatic heterocycles. The summed E-state index contributed by atoms with van der Waals surface area (Å²) in [6.07, 6.45) is 2.91. The van der Waals surface area contributed by atoms with Gasteiger partial charge in [0.25, 0.3) is 0 Å². The molecule has 0 unspecified atom stereocenters. The lowest BCUT2D eigenvalue weighted by Gasteiger charge is -1.87. The highest BCUT2D eigenvalue weighted by atomic mass is 16.2. The fourth-order valence-electron chi connectivity index (χ4n) is 0.509. The Morgan fingerprint density at radius 2 is 2.56 bits per heavy atom. The van der Waals surface area contributed by atoms with Crippen molar-refractivity contribution in [3.05, 3.63) is 12.4 Å². The van der Waals surface area contributed by atoms with E-state index in [4.69, 9.17) is 5.73 Å². The number of anilines is 1. The molecule has 1 aromatic rings. The van der Waals surface area contributed by atoms with Crippen molar-refractivity contribution in [1.82, 2.24) is 9.78 Å². The van der Waals surface area contributed by atoms with Crippen LogP contribution in [0.2, 0.25) is 0 Å². The standard InChI is InChI=1S/C5H7N3O/c1-4(9)8-3-5(6)2-7-8/h2-3H,6H2,1H3. The van der Waals surface area contributed by atoms with Crippen LogP contribution in [0.1, 0.15) is 11.7 Å². The Balaban J connectivity index is 2.98. The molecule has 0 aliphatic carbocycles. The highest BCUT2D eigenvalue weighted by Crippen LogP contribution is 1.95. The number of hydrogen-bond acceptors (Lipinski definition) is 3. The summed E-state index contributed by atoms with van der Waals surface area (Å²) in [6.45, 7) is 1.42. The number of nitrogens with two attached hydrogens (primary N) is 1. The summed E-state index contributed by atoms with van der Waals surface area (Å²) < 4.78 is 1.19. The maximum Gasteiger partial charge on any atom is 0.243 e. The second-order valence-electron chi connectivity index (χ2n) is 1.74. The Hall–Kier alpha value is -1.32. The quantitative estimate of drug-likeness (QED) is 0.536. The lowest BCUT2D eigenvalue weighted by molar-refractivity contribution is 0.0921. The lowest BCUT2D eigenvalue weighted by atomic mass is 10.6. The van der Waals surface area contributed by atoms with Crippen molar-refractivity contribution in [2.24, 2.45) is 0 Å². The Bertz CT molecular complexity index is 228. The molecular formula is C5H7N3O. The van der Waals surface area contributed by atoms with Gasteiger partial charge in [0.15, 0.2) is 0 Å². The van der Waals surface area contributed by atoms with Crippen LogP contribution in [0.25, 0.3) is 0 Å². The second kappa shape index (κ2) is 1.89. The number of carbonyl (C=O) groups is 1. The van der Waals surface area contributed by atoms with Crippen molar-refractivity contribution in [1.29, 1.82) is 0 Å². The molecule has 2 N–H and O–H groups in total. The van der Waals surface area contributed by atoms with E-state index in [9.17, 15) is 4.79 Å². The molecule has 48 valence electrons. The molecule has 0 fully saturated rings. The summed E-state index contributed by atoms with van der Waals surface area (Å²) >= 11 is 0. The molecule has 0 aromatic carbocycles. The fourth-order valence-corrected chi connectivity index (χ4v) is 0.509. The molecule has 0 bridgehead atoms. The maximum atomic E-state index is 10.5. The molecule has 0 radical (unpaired) electrons. The average Bonchev–Trinajstić information content (AvgIpc) is 2.14. The molecule has 9 heavy (non-hydrogen) atoms. The van der Waals surface area contributed by atoms with E-state index in [0.29, 0.717) is 5.69 Å². The average molecular weight is 125 g/mol. The first-order chi connectivity index (χ1) is 4.20. The van der Waals surface area contributed by atoms with Gasteiger partial charge < -0.3 is 5.73 Å². The van der Waals surface area contributed by atoms with E-state index in [1.54, 1.807) is 0 Å². The Morgan fingerprint density at radius 3 is 2.78 bits per heavy atom. The molecule has 4 nitrogen and oxygen atoms in total. The van der Waals surface area contributed by atoms with Crippen LogP contribution in [-0.2, 0) is 0 Å². The Kier molecular flexibility index (Phi) is 1.22. The van der Waals surface area contributed by atoms with Gasteiger partial charge in [0, 0.05) is 6.92 Å². The van der Waals surface area contributed by atoms with Gasteiger partial charge in [-0.05, 0) is 0 Å². The van der Waals surface area contributed by atoms with Gasteiger partial charge in [-0.15, -0.1) is 0 Å². The predicted molar refractivity (Wildman–Crippen MR) is 32.9 cm³/mol. The van der Waals surface area contributed by atoms with Crippen LogP contribution in [0.5, 0.6) is 0 Å². The number of nitrogen functional groups attached to an aromatic ring is 1. The minimum absolute atomic E-state index is 0.133. The second-order valence-corrected chi connectivity index (χ2v) is 1.74. The molecule has 0 atom stereocenters. The molecule has 1 heterocycles. The summed E-state index contributed by atoms with van der Waals surface area (Å²) in [5, 5.41) is 3.66. The van der Waals surface area contributed by atoms with Crippen LogP contribution in [-0.4, -0.2) is 15.7 Å².